The van der Waals surface area contributed by atoms with Crippen molar-refractivity contribution in [3.63, 3.8) is 0 Å². The number of ether oxygens (including phenoxy) is 2. The smallest absolute Gasteiger partial charge is 0.252 e. The molecule has 0 aliphatic carbocycles. The summed E-state index contributed by atoms with van der Waals surface area (Å²) in [7, 11) is 0. The van der Waals surface area contributed by atoms with E-state index in [-0.39, 0.29) is 17.3 Å². The SMILES string of the molecule is CSc1ncc2ccc(=O)n(CC(C)(C)COC3CCCCO3)c2n1. The van der Waals surface area contributed by atoms with Crippen molar-refractivity contribution in [3.8, 4) is 0 Å². The lowest BCUT2D eigenvalue weighted by Gasteiger charge is -2.30. The van der Waals surface area contributed by atoms with Crippen molar-refractivity contribution < 1.29 is 9.47 Å². The highest BCUT2D eigenvalue weighted by Gasteiger charge is 2.24. The summed E-state index contributed by atoms with van der Waals surface area (Å²) in [6.45, 7) is 6.01. The van der Waals surface area contributed by atoms with Crippen LogP contribution in [0.2, 0.25) is 0 Å². The third kappa shape index (κ3) is 4.59. The second kappa shape index (κ2) is 7.85. The average molecular weight is 363 g/mol. The van der Waals surface area contributed by atoms with Crippen LogP contribution in [-0.2, 0) is 16.0 Å². The molecule has 3 heterocycles. The number of rotatable bonds is 6. The molecule has 6 nitrogen and oxygen atoms in total. The van der Waals surface area contributed by atoms with E-state index in [9.17, 15) is 4.79 Å². The summed E-state index contributed by atoms with van der Waals surface area (Å²) < 4.78 is 13.3. The van der Waals surface area contributed by atoms with Gasteiger partial charge in [0.25, 0.3) is 5.56 Å². The molecule has 1 saturated heterocycles. The molecule has 1 atom stereocenters. The first-order chi connectivity index (χ1) is 12.0. The molecule has 0 amide bonds. The van der Waals surface area contributed by atoms with Gasteiger partial charge in [-0.05, 0) is 31.6 Å². The van der Waals surface area contributed by atoms with Gasteiger partial charge < -0.3 is 9.47 Å². The van der Waals surface area contributed by atoms with E-state index in [0.717, 1.165) is 31.3 Å². The Labute approximate surface area is 152 Å². The normalized spacial score (nSPS) is 18.6. The van der Waals surface area contributed by atoms with Crippen molar-refractivity contribution in [2.45, 2.75) is 51.1 Å². The molecular formula is C18H25N3O3S. The summed E-state index contributed by atoms with van der Waals surface area (Å²) in [5.41, 5.74) is 0.401. The van der Waals surface area contributed by atoms with Crippen molar-refractivity contribution in [1.82, 2.24) is 14.5 Å². The summed E-state index contributed by atoms with van der Waals surface area (Å²) in [4.78, 5) is 21.3. The maximum atomic E-state index is 12.4. The lowest BCUT2D eigenvalue weighted by Crippen LogP contribution is -2.34. The fraction of sp³-hybridized carbons (Fsp3) is 0.611. The van der Waals surface area contributed by atoms with Gasteiger partial charge in [-0.3, -0.25) is 9.36 Å². The molecule has 1 fully saturated rings. The third-order valence-electron chi connectivity index (χ3n) is 4.27. The van der Waals surface area contributed by atoms with Gasteiger partial charge in [-0.25, -0.2) is 9.97 Å². The highest BCUT2D eigenvalue weighted by molar-refractivity contribution is 7.98. The van der Waals surface area contributed by atoms with E-state index < -0.39 is 0 Å². The Morgan fingerprint density at radius 2 is 2.24 bits per heavy atom. The van der Waals surface area contributed by atoms with Gasteiger partial charge in [0, 0.05) is 36.2 Å². The number of aromatic nitrogens is 3. The third-order valence-corrected chi connectivity index (χ3v) is 4.83. The second-order valence-corrected chi connectivity index (χ2v) is 7.94. The Kier molecular flexibility index (Phi) is 5.76. The van der Waals surface area contributed by atoms with Crippen molar-refractivity contribution >= 4 is 22.8 Å². The van der Waals surface area contributed by atoms with Crippen LogP contribution in [0.25, 0.3) is 11.0 Å². The molecule has 0 N–H and O–H groups in total. The fourth-order valence-corrected chi connectivity index (χ4v) is 3.28. The van der Waals surface area contributed by atoms with Crippen LogP contribution in [0.15, 0.2) is 28.3 Å². The van der Waals surface area contributed by atoms with Gasteiger partial charge >= 0.3 is 0 Å². The molecule has 136 valence electrons. The maximum absolute atomic E-state index is 12.4. The Morgan fingerprint density at radius 3 is 2.96 bits per heavy atom. The van der Waals surface area contributed by atoms with E-state index in [1.807, 2.05) is 6.26 Å². The minimum absolute atomic E-state index is 0.0553. The number of thioether (sulfide) groups is 1. The Balaban J connectivity index is 1.80. The molecule has 1 unspecified atom stereocenters. The predicted octanol–water partition coefficient (Wildman–Crippen LogP) is 3.08. The summed E-state index contributed by atoms with van der Waals surface area (Å²) in [5, 5.41) is 1.53. The van der Waals surface area contributed by atoms with E-state index in [4.69, 9.17) is 9.47 Å². The molecule has 1 aliphatic rings. The van der Waals surface area contributed by atoms with Gasteiger partial charge in [0.05, 0.1) is 6.61 Å². The van der Waals surface area contributed by atoms with Crippen LogP contribution in [0.4, 0.5) is 0 Å². The second-order valence-electron chi connectivity index (χ2n) is 7.16. The van der Waals surface area contributed by atoms with Crippen molar-refractivity contribution in [2.75, 3.05) is 19.5 Å². The number of fused-ring (bicyclic) bond motifs is 1. The number of pyridine rings is 1. The molecule has 1 aliphatic heterocycles. The van der Waals surface area contributed by atoms with Crippen molar-refractivity contribution in [3.05, 3.63) is 28.7 Å². The zero-order valence-electron chi connectivity index (χ0n) is 15.0. The minimum Gasteiger partial charge on any atom is -0.353 e. The lowest BCUT2D eigenvalue weighted by atomic mass is 9.94. The van der Waals surface area contributed by atoms with Crippen LogP contribution in [0.1, 0.15) is 33.1 Å². The van der Waals surface area contributed by atoms with Gasteiger partial charge in [0.15, 0.2) is 11.4 Å². The Morgan fingerprint density at radius 1 is 1.40 bits per heavy atom. The fourth-order valence-electron chi connectivity index (χ4n) is 2.94. The molecule has 7 heteroatoms. The van der Waals surface area contributed by atoms with E-state index in [0.29, 0.717) is 24.0 Å². The van der Waals surface area contributed by atoms with Gasteiger partial charge in [-0.2, -0.15) is 0 Å². The van der Waals surface area contributed by atoms with E-state index >= 15 is 0 Å². The molecule has 0 aromatic carbocycles. The summed E-state index contributed by atoms with van der Waals surface area (Å²) in [5.74, 6) is 0. The summed E-state index contributed by atoms with van der Waals surface area (Å²) >= 11 is 1.47. The molecule has 0 spiro atoms. The zero-order valence-corrected chi connectivity index (χ0v) is 15.8. The number of nitrogens with zero attached hydrogens (tertiary/aromatic N) is 3. The first-order valence-corrected chi connectivity index (χ1v) is 9.85. The molecule has 2 aromatic rings. The standard InChI is InChI=1S/C18H25N3O3S/c1-18(2,12-24-15-6-4-5-9-23-15)11-21-14(22)8-7-13-10-19-17(25-3)20-16(13)21/h7-8,10,15H,4-6,9,11-12H2,1-3H3. The van der Waals surface area contributed by atoms with Gasteiger partial charge in [0.2, 0.25) is 0 Å². The van der Waals surface area contributed by atoms with Crippen LogP contribution in [0.5, 0.6) is 0 Å². The Hall–Kier alpha value is -1.44. The van der Waals surface area contributed by atoms with Crippen molar-refractivity contribution in [1.29, 1.82) is 0 Å². The number of hydrogen-bond donors (Lipinski definition) is 0. The minimum atomic E-state index is -0.219. The molecule has 3 rings (SSSR count). The number of hydrogen-bond acceptors (Lipinski definition) is 6. The van der Waals surface area contributed by atoms with Crippen LogP contribution in [0.3, 0.4) is 0 Å². The molecular weight excluding hydrogens is 338 g/mol. The van der Waals surface area contributed by atoms with E-state index in [2.05, 4.69) is 23.8 Å². The van der Waals surface area contributed by atoms with Crippen LogP contribution >= 0.6 is 11.8 Å². The van der Waals surface area contributed by atoms with E-state index in [1.54, 1.807) is 22.9 Å². The Bertz CT molecular complexity index is 785. The maximum Gasteiger partial charge on any atom is 0.252 e. The molecule has 0 bridgehead atoms. The summed E-state index contributed by atoms with van der Waals surface area (Å²) in [6.07, 6.45) is 6.75. The lowest BCUT2D eigenvalue weighted by molar-refractivity contribution is -0.177. The first-order valence-electron chi connectivity index (χ1n) is 8.62. The van der Waals surface area contributed by atoms with Crippen molar-refractivity contribution in [2.24, 2.45) is 5.41 Å². The quantitative estimate of drug-likeness (QED) is 0.580. The molecule has 2 aromatic heterocycles. The predicted molar refractivity (Wildman–Crippen MR) is 98.9 cm³/mol. The molecule has 0 saturated carbocycles. The summed E-state index contributed by atoms with van der Waals surface area (Å²) in [6, 6.07) is 3.35. The zero-order chi connectivity index (χ0) is 17.9. The van der Waals surface area contributed by atoms with Gasteiger partial charge in [-0.15, -0.1) is 0 Å². The molecule has 25 heavy (non-hydrogen) atoms. The van der Waals surface area contributed by atoms with Crippen LogP contribution in [-0.4, -0.2) is 40.3 Å². The highest BCUT2D eigenvalue weighted by atomic mass is 32.2. The average Bonchev–Trinajstić information content (AvgIpc) is 2.63. The largest absolute Gasteiger partial charge is 0.353 e. The first kappa shape index (κ1) is 18.4. The highest BCUT2D eigenvalue weighted by Crippen LogP contribution is 2.23. The van der Waals surface area contributed by atoms with E-state index in [1.165, 1.54) is 11.8 Å². The van der Waals surface area contributed by atoms with Crippen LogP contribution < -0.4 is 5.56 Å². The topological polar surface area (TPSA) is 66.2 Å². The van der Waals surface area contributed by atoms with Gasteiger partial charge in [-0.1, -0.05) is 25.6 Å². The van der Waals surface area contributed by atoms with Crippen LogP contribution in [0, 0.1) is 5.41 Å². The molecule has 0 radical (unpaired) electrons. The monoisotopic (exact) mass is 363 g/mol. The van der Waals surface area contributed by atoms with Gasteiger partial charge in [0.1, 0.15) is 5.65 Å².